The molecule has 1 aliphatic rings. The molecule has 0 amide bonds. The second-order valence-electron chi connectivity index (χ2n) is 5.42. The number of nitrogens with zero attached hydrogens (tertiary/aromatic N) is 2. The smallest absolute Gasteiger partial charge is 0.193 e. The average Bonchev–Trinajstić information content (AvgIpc) is 2.50. The summed E-state index contributed by atoms with van der Waals surface area (Å²) in [7, 11) is 1.87. The standard InChI is InChI=1S/C16H25N3S.HI/c1-13-8-10-19(11-9-13)16(17-2)18-12-14-4-6-15(20-3)7-5-14;/h4-7,13H,8-12H2,1-3H3,(H,17,18);1H. The van der Waals surface area contributed by atoms with Crippen LogP contribution in [-0.4, -0.2) is 37.3 Å². The Balaban J connectivity index is 0.00000220. The molecule has 5 heteroatoms. The molecule has 1 aromatic carbocycles. The van der Waals surface area contributed by atoms with Gasteiger partial charge >= 0.3 is 0 Å². The van der Waals surface area contributed by atoms with Crippen LogP contribution in [0.1, 0.15) is 25.3 Å². The molecule has 1 aromatic rings. The average molecular weight is 419 g/mol. The summed E-state index contributed by atoms with van der Waals surface area (Å²) < 4.78 is 0. The number of guanidine groups is 1. The fraction of sp³-hybridized carbons (Fsp3) is 0.562. The zero-order valence-corrected chi connectivity index (χ0v) is 16.3. The third-order valence-electron chi connectivity index (χ3n) is 3.90. The number of benzene rings is 1. The quantitative estimate of drug-likeness (QED) is 0.349. The van der Waals surface area contributed by atoms with E-state index in [9.17, 15) is 0 Å². The first-order chi connectivity index (χ1) is 9.72. The Morgan fingerprint density at radius 3 is 2.43 bits per heavy atom. The molecule has 21 heavy (non-hydrogen) atoms. The molecule has 2 rings (SSSR count). The fourth-order valence-electron chi connectivity index (χ4n) is 2.48. The van der Waals surface area contributed by atoms with Crippen molar-refractivity contribution in [1.29, 1.82) is 0 Å². The van der Waals surface area contributed by atoms with E-state index in [1.807, 2.05) is 7.05 Å². The van der Waals surface area contributed by atoms with E-state index in [0.29, 0.717) is 0 Å². The van der Waals surface area contributed by atoms with Gasteiger partial charge in [-0.05, 0) is 42.7 Å². The third kappa shape index (κ3) is 5.70. The lowest BCUT2D eigenvalue weighted by Crippen LogP contribution is -2.45. The lowest BCUT2D eigenvalue weighted by molar-refractivity contribution is 0.273. The van der Waals surface area contributed by atoms with E-state index < -0.39 is 0 Å². The lowest BCUT2D eigenvalue weighted by atomic mass is 10.00. The monoisotopic (exact) mass is 419 g/mol. The lowest BCUT2D eigenvalue weighted by Gasteiger charge is -2.32. The maximum Gasteiger partial charge on any atom is 0.193 e. The van der Waals surface area contributed by atoms with Crippen LogP contribution in [0, 0.1) is 5.92 Å². The maximum absolute atomic E-state index is 4.41. The molecule has 1 N–H and O–H groups in total. The van der Waals surface area contributed by atoms with Crippen LogP contribution in [0.15, 0.2) is 34.2 Å². The van der Waals surface area contributed by atoms with Gasteiger partial charge in [0.05, 0.1) is 0 Å². The van der Waals surface area contributed by atoms with Crippen molar-refractivity contribution in [2.45, 2.75) is 31.2 Å². The van der Waals surface area contributed by atoms with Crippen LogP contribution < -0.4 is 5.32 Å². The van der Waals surface area contributed by atoms with Crippen LogP contribution in [0.3, 0.4) is 0 Å². The van der Waals surface area contributed by atoms with E-state index in [2.05, 4.69) is 52.7 Å². The Hall–Kier alpha value is -0.430. The highest BCUT2D eigenvalue weighted by molar-refractivity contribution is 14.0. The number of likely N-dealkylation sites (tertiary alicyclic amines) is 1. The fourth-order valence-corrected chi connectivity index (χ4v) is 2.89. The molecule has 1 fully saturated rings. The molecule has 0 atom stereocenters. The zero-order chi connectivity index (χ0) is 14.4. The minimum absolute atomic E-state index is 0. The SMILES string of the molecule is CN=C(NCc1ccc(SC)cc1)N1CCC(C)CC1.I. The van der Waals surface area contributed by atoms with E-state index in [4.69, 9.17) is 0 Å². The van der Waals surface area contributed by atoms with Crippen molar-refractivity contribution in [1.82, 2.24) is 10.2 Å². The summed E-state index contributed by atoms with van der Waals surface area (Å²) in [5, 5.41) is 3.48. The van der Waals surface area contributed by atoms with Crippen molar-refractivity contribution in [3.63, 3.8) is 0 Å². The first kappa shape index (κ1) is 18.6. The predicted octanol–water partition coefficient (Wildman–Crippen LogP) is 3.83. The van der Waals surface area contributed by atoms with Crippen molar-refractivity contribution in [3.05, 3.63) is 29.8 Å². The molecular weight excluding hydrogens is 393 g/mol. The molecular formula is C16H26IN3S. The maximum atomic E-state index is 4.41. The van der Waals surface area contributed by atoms with E-state index >= 15 is 0 Å². The van der Waals surface area contributed by atoms with Gasteiger partial charge in [0.1, 0.15) is 0 Å². The number of nitrogens with one attached hydrogen (secondary N) is 1. The molecule has 0 spiro atoms. The second-order valence-corrected chi connectivity index (χ2v) is 6.30. The molecule has 0 saturated carbocycles. The largest absolute Gasteiger partial charge is 0.352 e. The summed E-state index contributed by atoms with van der Waals surface area (Å²) in [6.07, 6.45) is 4.64. The summed E-state index contributed by atoms with van der Waals surface area (Å²) in [6.45, 7) is 5.41. The highest BCUT2D eigenvalue weighted by Crippen LogP contribution is 2.17. The van der Waals surface area contributed by atoms with E-state index in [-0.39, 0.29) is 24.0 Å². The molecule has 0 aliphatic carbocycles. The molecule has 0 unspecified atom stereocenters. The van der Waals surface area contributed by atoms with Crippen molar-refractivity contribution in [2.75, 3.05) is 26.4 Å². The van der Waals surface area contributed by atoms with E-state index in [1.54, 1.807) is 11.8 Å². The first-order valence-corrected chi connectivity index (χ1v) is 8.54. The van der Waals surface area contributed by atoms with Crippen molar-refractivity contribution < 1.29 is 0 Å². The van der Waals surface area contributed by atoms with E-state index in [0.717, 1.165) is 31.5 Å². The van der Waals surface area contributed by atoms with Gasteiger partial charge in [-0.2, -0.15) is 0 Å². The third-order valence-corrected chi connectivity index (χ3v) is 4.65. The van der Waals surface area contributed by atoms with Crippen LogP contribution in [0.2, 0.25) is 0 Å². The Bertz CT molecular complexity index is 439. The van der Waals surface area contributed by atoms with Gasteiger partial charge in [-0.1, -0.05) is 19.1 Å². The summed E-state index contributed by atoms with van der Waals surface area (Å²) >= 11 is 1.78. The van der Waals surface area contributed by atoms with Crippen LogP contribution in [-0.2, 0) is 6.54 Å². The molecule has 0 aromatic heterocycles. The van der Waals surface area contributed by atoms with E-state index in [1.165, 1.54) is 23.3 Å². The highest BCUT2D eigenvalue weighted by Gasteiger charge is 2.18. The summed E-state index contributed by atoms with van der Waals surface area (Å²) in [4.78, 5) is 8.09. The van der Waals surface area contributed by atoms with Gasteiger partial charge in [0.2, 0.25) is 0 Å². The minimum Gasteiger partial charge on any atom is -0.352 e. The number of hydrogen-bond donors (Lipinski definition) is 1. The Morgan fingerprint density at radius 1 is 1.29 bits per heavy atom. The number of thioether (sulfide) groups is 1. The van der Waals surface area contributed by atoms with Gasteiger partial charge < -0.3 is 10.2 Å². The van der Waals surface area contributed by atoms with Gasteiger partial charge in [0.25, 0.3) is 0 Å². The summed E-state index contributed by atoms with van der Waals surface area (Å²) in [6, 6.07) is 8.72. The molecule has 1 aliphatic heterocycles. The van der Waals surface area contributed by atoms with Gasteiger partial charge in [-0.3, -0.25) is 4.99 Å². The number of aliphatic imine (C=N–C) groups is 1. The van der Waals surface area contributed by atoms with Gasteiger partial charge in [-0.15, -0.1) is 35.7 Å². The molecule has 0 radical (unpaired) electrons. The highest BCUT2D eigenvalue weighted by atomic mass is 127. The minimum atomic E-state index is 0. The molecule has 0 bridgehead atoms. The molecule has 3 nitrogen and oxygen atoms in total. The van der Waals surface area contributed by atoms with Gasteiger partial charge in [0, 0.05) is 31.6 Å². The first-order valence-electron chi connectivity index (χ1n) is 7.31. The predicted molar refractivity (Wildman–Crippen MR) is 104 cm³/mol. The Labute approximate surface area is 150 Å². The zero-order valence-electron chi connectivity index (χ0n) is 13.1. The number of halogens is 1. The van der Waals surface area contributed by atoms with Crippen LogP contribution in [0.25, 0.3) is 0 Å². The van der Waals surface area contributed by atoms with Gasteiger partial charge in [-0.25, -0.2) is 0 Å². The van der Waals surface area contributed by atoms with Crippen LogP contribution >= 0.6 is 35.7 Å². The van der Waals surface area contributed by atoms with Crippen molar-refractivity contribution >= 4 is 41.7 Å². The molecule has 118 valence electrons. The Kier molecular flexibility index (Phi) is 8.48. The van der Waals surface area contributed by atoms with Crippen LogP contribution in [0.5, 0.6) is 0 Å². The van der Waals surface area contributed by atoms with Crippen LogP contribution in [0.4, 0.5) is 0 Å². The summed E-state index contributed by atoms with van der Waals surface area (Å²) in [5.41, 5.74) is 1.30. The number of hydrogen-bond acceptors (Lipinski definition) is 2. The topological polar surface area (TPSA) is 27.6 Å². The number of rotatable bonds is 3. The normalized spacial score (nSPS) is 16.5. The molecule has 1 heterocycles. The molecule has 1 saturated heterocycles. The second kappa shape index (κ2) is 9.56. The van der Waals surface area contributed by atoms with Gasteiger partial charge in [0.15, 0.2) is 5.96 Å². The van der Waals surface area contributed by atoms with Crippen molar-refractivity contribution in [3.8, 4) is 0 Å². The summed E-state index contributed by atoms with van der Waals surface area (Å²) in [5.74, 6) is 1.88. The number of piperidine rings is 1. The Morgan fingerprint density at radius 2 is 1.90 bits per heavy atom. The van der Waals surface area contributed by atoms with Crippen molar-refractivity contribution in [2.24, 2.45) is 10.9 Å².